The van der Waals surface area contributed by atoms with Crippen LogP contribution in [-0.2, 0) is 0 Å². The highest BCUT2D eigenvalue weighted by Gasteiger charge is 2.24. The molecule has 1 saturated heterocycles. The van der Waals surface area contributed by atoms with Crippen LogP contribution in [0.25, 0.3) is 5.70 Å². The summed E-state index contributed by atoms with van der Waals surface area (Å²) in [6.45, 7) is 13.9. The Kier molecular flexibility index (Phi) is 10.1. The number of likely N-dealkylation sites (tertiary alicyclic amines) is 1. The van der Waals surface area contributed by atoms with Crippen LogP contribution in [0.1, 0.15) is 69.1 Å². The number of piperidine rings is 1. The Morgan fingerprint density at radius 1 is 1.15 bits per heavy atom. The molecule has 0 aliphatic carbocycles. The second-order valence-corrected chi connectivity index (χ2v) is 11.8. The van der Waals surface area contributed by atoms with Crippen molar-refractivity contribution in [1.82, 2.24) is 14.9 Å². The minimum atomic E-state index is -0.612. The van der Waals surface area contributed by atoms with E-state index in [2.05, 4.69) is 45.7 Å². The number of hydrogen-bond acceptors (Lipinski definition) is 9. The van der Waals surface area contributed by atoms with Gasteiger partial charge in [-0.05, 0) is 45.7 Å². The summed E-state index contributed by atoms with van der Waals surface area (Å²) in [6, 6.07) is 4.57. The molecule has 2 aromatic heterocycles. The third kappa shape index (κ3) is 8.27. The number of hydrogen-bond donors (Lipinski definition) is 4. The molecule has 11 nitrogen and oxygen atoms in total. The third-order valence-corrected chi connectivity index (χ3v) is 7.39. The molecule has 0 atom stereocenters. The lowest BCUT2D eigenvalue weighted by Crippen LogP contribution is -2.45. The van der Waals surface area contributed by atoms with E-state index in [1.807, 2.05) is 33.0 Å². The summed E-state index contributed by atoms with van der Waals surface area (Å²) >= 11 is 0. The first-order valence-corrected chi connectivity index (χ1v) is 13.9. The summed E-state index contributed by atoms with van der Waals surface area (Å²) in [6.07, 6.45) is 9.97. The molecular formula is C30H45N9O2. The topological polar surface area (TPSA) is 163 Å². The zero-order valence-corrected chi connectivity index (χ0v) is 25.3. The van der Waals surface area contributed by atoms with Crippen molar-refractivity contribution in [2.45, 2.75) is 66.5 Å². The maximum atomic E-state index is 12.8. The normalized spacial score (nSPS) is 16.3. The molecule has 1 aliphatic rings. The number of amidine groups is 1. The molecule has 3 rings (SSSR count). The summed E-state index contributed by atoms with van der Waals surface area (Å²) in [4.78, 5) is 30.2. The number of anilines is 2. The zero-order chi connectivity index (χ0) is 30.5. The molecule has 0 saturated carbocycles. The highest BCUT2D eigenvalue weighted by molar-refractivity contribution is 6.06. The Labute approximate surface area is 243 Å². The van der Waals surface area contributed by atoms with Gasteiger partial charge in [0.05, 0.1) is 34.5 Å². The average molecular weight is 564 g/mol. The predicted molar refractivity (Wildman–Crippen MR) is 166 cm³/mol. The van der Waals surface area contributed by atoms with E-state index in [0.717, 1.165) is 37.2 Å². The summed E-state index contributed by atoms with van der Waals surface area (Å²) < 4.78 is 0. The quantitative estimate of drug-likeness (QED) is 0.122. The van der Waals surface area contributed by atoms with E-state index < -0.39 is 11.3 Å². The minimum Gasteiger partial charge on any atom is -0.512 e. The molecular weight excluding hydrogens is 518 g/mol. The zero-order valence-electron chi connectivity index (χ0n) is 25.3. The molecule has 41 heavy (non-hydrogen) atoms. The van der Waals surface area contributed by atoms with Crippen LogP contribution in [0.15, 0.2) is 53.8 Å². The van der Waals surface area contributed by atoms with Gasteiger partial charge >= 0.3 is 0 Å². The molecule has 1 aliphatic heterocycles. The van der Waals surface area contributed by atoms with Crippen molar-refractivity contribution >= 4 is 28.8 Å². The molecule has 3 heterocycles. The van der Waals surface area contributed by atoms with Crippen molar-refractivity contribution in [2.75, 3.05) is 30.0 Å². The highest BCUT2D eigenvalue weighted by Crippen LogP contribution is 2.26. The van der Waals surface area contributed by atoms with E-state index in [4.69, 9.17) is 17.3 Å². The second kappa shape index (κ2) is 13.1. The van der Waals surface area contributed by atoms with Crippen LogP contribution in [0.4, 0.5) is 11.4 Å². The number of aromatic nitrogens is 2. The number of aryl methyl sites for hydroxylation is 1. The van der Waals surface area contributed by atoms with Crippen LogP contribution in [0.5, 0.6) is 0 Å². The van der Waals surface area contributed by atoms with E-state index in [1.54, 1.807) is 25.4 Å². The molecule has 1 fully saturated rings. The molecule has 2 aromatic rings. The number of carbonyl (C=O) groups excluding carboxylic acids is 1. The van der Waals surface area contributed by atoms with Gasteiger partial charge in [0.25, 0.3) is 5.91 Å². The molecule has 1 amide bonds. The lowest BCUT2D eigenvalue weighted by Gasteiger charge is -2.39. The Balaban J connectivity index is 1.78. The van der Waals surface area contributed by atoms with Crippen molar-refractivity contribution < 1.29 is 9.90 Å². The lowest BCUT2D eigenvalue weighted by atomic mass is 9.93. The number of pyridine rings is 2. The average Bonchev–Trinajstić information content (AvgIpc) is 2.92. The molecule has 0 unspecified atom stereocenters. The van der Waals surface area contributed by atoms with Crippen LogP contribution in [-0.4, -0.2) is 63.9 Å². The summed E-state index contributed by atoms with van der Waals surface area (Å²) in [5, 5.41) is 11.5. The first-order valence-electron chi connectivity index (χ1n) is 13.9. The monoisotopic (exact) mass is 563 g/mol. The Hall–Kier alpha value is -3.96. The van der Waals surface area contributed by atoms with Crippen LogP contribution >= 0.6 is 0 Å². The number of allylic oxidation sites excluding steroid dienone is 1. The fraction of sp³-hybridized carbons (Fsp3) is 0.467. The Morgan fingerprint density at radius 3 is 2.41 bits per heavy atom. The van der Waals surface area contributed by atoms with Crippen molar-refractivity contribution in [2.24, 2.45) is 27.7 Å². The number of aliphatic hydroxyl groups is 1. The SMILES string of the molecule is Cc1ncc(C(=O)N=C(N)/C=C(\O)C(C)(C)C)cc1N(N)/C=C(\N)c1cncc(N(C)C2CCN(C(C)C)CC2)c1. The van der Waals surface area contributed by atoms with Crippen LogP contribution in [0.2, 0.25) is 0 Å². The van der Waals surface area contributed by atoms with Gasteiger partial charge in [0.15, 0.2) is 0 Å². The summed E-state index contributed by atoms with van der Waals surface area (Å²) in [5.74, 6) is 5.65. The fourth-order valence-corrected chi connectivity index (χ4v) is 4.54. The largest absolute Gasteiger partial charge is 0.512 e. The molecule has 0 bridgehead atoms. The number of aliphatic hydroxyl groups excluding tert-OH is 1. The van der Waals surface area contributed by atoms with Crippen molar-refractivity contribution in [3.63, 3.8) is 0 Å². The van der Waals surface area contributed by atoms with Crippen molar-refractivity contribution in [3.8, 4) is 0 Å². The molecule has 7 N–H and O–H groups in total. The maximum Gasteiger partial charge on any atom is 0.280 e. The predicted octanol–water partition coefficient (Wildman–Crippen LogP) is 3.72. The van der Waals surface area contributed by atoms with Gasteiger partial charge in [-0.25, -0.2) is 5.84 Å². The number of aliphatic imine (C=N–C) groups is 1. The smallest absolute Gasteiger partial charge is 0.280 e. The van der Waals surface area contributed by atoms with Crippen molar-refractivity contribution in [3.05, 3.63) is 65.6 Å². The van der Waals surface area contributed by atoms with Gasteiger partial charge in [0.1, 0.15) is 11.6 Å². The number of rotatable bonds is 8. The van der Waals surface area contributed by atoms with Crippen LogP contribution in [0, 0.1) is 12.3 Å². The van der Waals surface area contributed by atoms with Gasteiger partial charge in [0, 0.05) is 67.9 Å². The van der Waals surface area contributed by atoms with E-state index in [9.17, 15) is 9.90 Å². The van der Waals surface area contributed by atoms with Crippen LogP contribution < -0.4 is 27.2 Å². The Bertz CT molecular complexity index is 1320. The fourth-order valence-electron chi connectivity index (χ4n) is 4.54. The van der Waals surface area contributed by atoms with Crippen LogP contribution in [0.3, 0.4) is 0 Å². The van der Waals surface area contributed by atoms with E-state index in [1.165, 1.54) is 17.3 Å². The molecule has 0 aromatic carbocycles. The van der Waals surface area contributed by atoms with Gasteiger partial charge in [-0.3, -0.25) is 19.8 Å². The number of carbonyl (C=O) groups is 1. The van der Waals surface area contributed by atoms with Gasteiger partial charge in [-0.15, -0.1) is 0 Å². The minimum absolute atomic E-state index is 0.0179. The number of nitrogens with zero attached hydrogens (tertiary/aromatic N) is 6. The van der Waals surface area contributed by atoms with E-state index in [-0.39, 0.29) is 17.2 Å². The van der Waals surface area contributed by atoms with E-state index >= 15 is 0 Å². The van der Waals surface area contributed by atoms with Crippen molar-refractivity contribution in [1.29, 1.82) is 0 Å². The molecule has 0 spiro atoms. The second-order valence-electron chi connectivity index (χ2n) is 11.8. The van der Waals surface area contributed by atoms with Gasteiger partial charge in [0.2, 0.25) is 0 Å². The molecule has 11 heteroatoms. The highest BCUT2D eigenvalue weighted by atomic mass is 16.3. The summed E-state index contributed by atoms with van der Waals surface area (Å²) in [7, 11) is 2.10. The van der Waals surface area contributed by atoms with Gasteiger partial charge in [-0.2, -0.15) is 4.99 Å². The van der Waals surface area contributed by atoms with Gasteiger partial charge in [-0.1, -0.05) is 20.8 Å². The first kappa shape index (κ1) is 31.6. The maximum absolute atomic E-state index is 12.8. The lowest BCUT2D eigenvalue weighted by molar-refractivity contribution is 0.100. The van der Waals surface area contributed by atoms with Gasteiger partial charge < -0.3 is 26.4 Å². The number of hydrazine groups is 1. The molecule has 0 radical (unpaired) electrons. The number of amides is 1. The third-order valence-electron chi connectivity index (χ3n) is 7.39. The Morgan fingerprint density at radius 2 is 1.80 bits per heavy atom. The molecule has 222 valence electrons. The standard InChI is InChI=1S/C30H45N9O2/c1-19(2)38-10-8-23(9-11-38)37(7)24-12-21(15-34-17-24)25(31)18-39(33)26-13-22(16-35-20(26)3)29(41)36-28(32)14-27(40)30(4,5)6/h12-19,23,40H,8-11,31,33H2,1-7H3,(H2,32,36,41)/b25-18-,27-14-. The van der Waals surface area contributed by atoms with E-state index in [0.29, 0.717) is 29.2 Å². The summed E-state index contributed by atoms with van der Waals surface area (Å²) in [5.41, 5.74) is 15.2. The first-order chi connectivity index (χ1) is 19.2. The number of nitrogens with two attached hydrogens (primary N) is 3.